The molecule has 0 atom stereocenters. The van der Waals surface area contributed by atoms with E-state index < -0.39 is 26.7 Å². The Hall–Kier alpha value is -3.70. The lowest BCUT2D eigenvalue weighted by Gasteiger charge is -2.13. The quantitative estimate of drug-likeness (QED) is 0.155. The number of rotatable bonds is 7. The maximum Gasteiger partial charge on any atom is 0.296 e. The van der Waals surface area contributed by atoms with Crippen molar-refractivity contribution >= 4 is 67.1 Å². The van der Waals surface area contributed by atoms with Crippen LogP contribution in [0.1, 0.15) is 22.8 Å². The Bertz CT molecular complexity index is 1710. The first-order chi connectivity index (χ1) is 18.0. The van der Waals surface area contributed by atoms with E-state index in [0.717, 1.165) is 6.07 Å². The van der Waals surface area contributed by atoms with Gasteiger partial charge < -0.3 is 15.2 Å². The molecule has 4 aromatic carbocycles. The minimum atomic E-state index is -4.66. The first-order valence-corrected chi connectivity index (χ1v) is 13.4. The molecule has 0 aliphatic carbocycles. The van der Waals surface area contributed by atoms with Gasteiger partial charge in [-0.15, -0.1) is 10.2 Å². The van der Waals surface area contributed by atoms with Gasteiger partial charge in [-0.3, -0.25) is 9.35 Å². The third-order valence-corrected chi connectivity index (χ3v) is 7.22. The summed E-state index contributed by atoms with van der Waals surface area (Å²) < 4.78 is 38.9. The van der Waals surface area contributed by atoms with Crippen LogP contribution in [-0.2, 0) is 10.1 Å². The highest BCUT2D eigenvalue weighted by Crippen LogP contribution is 2.41. The van der Waals surface area contributed by atoms with Crippen LogP contribution in [0.5, 0.6) is 11.5 Å². The fraction of sp³-hybridized carbons (Fsp3) is 0.115. The van der Waals surface area contributed by atoms with Crippen LogP contribution in [0.4, 0.5) is 17.1 Å². The largest absolute Gasteiger partial charge is 0.505 e. The summed E-state index contributed by atoms with van der Waals surface area (Å²) in [6.07, 6.45) is 0. The highest BCUT2D eigenvalue weighted by molar-refractivity contribution is 7.86. The number of benzene rings is 4. The fourth-order valence-corrected chi connectivity index (χ4v) is 4.72. The number of hydrogen-bond donors (Lipinski definition) is 3. The molecule has 0 heterocycles. The van der Waals surface area contributed by atoms with E-state index in [1.807, 2.05) is 6.92 Å². The lowest BCUT2D eigenvalue weighted by molar-refractivity contribution is 0.102. The highest BCUT2D eigenvalue weighted by atomic mass is 35.5. The maximum absolute atomic E-state index is 13.2. The van der Waals surface area contributed by atoms with Crippen LogP contribution in [0.2, 0.25) is 10.0 Å². The molecule has 0 aliphatic heterocycles. The molecular weight excluding hydrogens is 553 g/mol. The number of aromatic hydroxyl groups is 1. The Balaban J connectivity index is 1.83. The summed E-state index contributed by atoms with van der Waals surface area (Å²) in [7, 11) is -4.66. The number of nitrogens with zero attached hydrogens (tertiary/aromatic N) is 2. The third kappa shape index (κ3) is 5.58. The summed E-state index contributed by atoms with van der Waals surface area (Å²) in [5, 5.41) is 23.3. The molecule has 0 saturated heterocycles. The second kappa shape index (κ2) is 11.0. The lowest BCUT2D eigenvalue weighted by Crippen LogP contribution is -2.12. The maximum atomic E-state index is 13.2. The number of halogens is 2. The van der Waals surface area contributed by atoms with Crippen molar-refractivity contribution in [3.63, 3.8) is 0 Å². The van der Waals surface area contributed by atoms with E-state index in [4.69, 9.17) is 27.9 Å². The van der Waals surface area contributed by atoms with E-state index >= 15 is 0 Å². The summed E-state index contributed by atoms with van der Waals surface area (Å²) in [6.45, 7) is 3.74. The van der Waals surface area contributed by atoms with Crippen LogP contribution in [0.15, 0.2) is 75.8 Å². The van der Waals surface area contributed by atoms with Gasteiger partial charge in [0.25, 0.3) is 16.0 Å². The number of carbonyl (C=O) groups is 1. The number of azo groups is 1. The van der Waals surface area contributed by atoms with E-state index in [2.05, 4.69) is 15.5 Å². The second-order valence-electron chi connectivity index (χ2n) is 8.07. The van der Waals surface area contributed by atoms with E-state index in [0.29, 0.717) is 23.1 Å². The van der Waals surface area contributed by atoms with Gasteiger partial charge in [-0.05, 0) is 55.1 Å². The number of fused-ring (bicyclic) bond motifs is 1. The molecule has 0 spiro atoms. The van der Waals surface area contributed by atoms with Crippen molar-refractivity contribution in [2.45, 2.75) is 18.7 Å². The van der Waals surface area contributed by atoms with Gasteiger partial charge in [0.05, 0.1) is 22.9 Å². The summed E-state index contributed by atoms with van der Waals surface area (Å²) in [4.78, 5) is 12.7. The number of phenols is 1. The number of amides is 1. The van der Waals surface area contributed by atoms with Crippen LogP contribution in [0.25, 0.3) is 10.8 Å². The van der Waals surface area contributed by atoms with Crippen molar-refractivity contribution in [3.05, 3.63) is 81.8 Å². The van der Waals surface area contributed by atoms with E-state index in [1.165, 1.54) is 19.1 Å². The van der Waals surface area contributed by atoms with E-state index in [-0.39, 0.29) is 38.2 Å². The third-order valence-electron chi connectivity index (χ3n) is 5.59. The lowest BCUT2D eigenvalue weighted by atomic mass is 10.0. The van der Waals surface area contributed by atoms with Crippen molar-refractivity contribution in [3.8, 4) is 11.5 Å². The molecule has 1 amide bonds. The zero-order chi connectivity index (χ0) is 27.6. The van der Waals surface area contributed by atoms with Crippen molar-refractivity contribution < 1.29 is 27.6 Å². The van der Waals surface area contributed by atoms with Gasteiger partial charge in [0.15, 0.2) is 5.75 Å². The summed E-state index contributed by atoms with van der Waals surface area (Å²) in [6, 6.07) is 15.5. The van der Waals surface area contributed by atoms with Crippen LogP contribution >= 0.6 is 23.2 Å². The van der Waals surface area contributed by atoms with Crippen LogP contribution in [0, 0.1) is 6.92 Å². The average Bonchev–Trinajstić information content (AvgIpc) is 2.86. The summed E-state index contributed by atoms with van der Waals surface area (Å²) >= 11 is 12.4. The Kier molecular flexibility index (Phi) is 7.89. The van der Waals surface area contributed by atoms with Crippen molar-refractivity contribution in [1.29, 1.82) is 0 Å². The number of phenolic OH excluding ortho intramolecular Hbond substituents is 1. The highest BCUT2D eigenvalue weighted by Gasteiger charge is 2.22. The van der Waals surface area contributed by atoms with Gasteiger partial charge in [0, 0.05) is 16.5 Å². The zero-order valence-corrected chi connectivity index (χ0v) is 22.4. The van der Waals surface area contributed by atoms with Gasteiger partial charge >= 0.3 is 0 Å². The minimum absolute atomic E-state index is 0.0944. The van der Waals surface area contributed by atoms with Gasteiger partial charge in [0.2, 0.25) is 0 Å². The Labute approximate surface area is 228 Å². The average molecular weight is 574 g/mol. The first kappa shape index (κ1) is 27.3. The van der Waals surface area contributed by atoms with Crippen molar-refractivity contribution in [1.82, 2.24) is 0 Å². The standard InChI is InChI=1S/C26H21Cl2N3O6S/c1-3-37-16-8-9-20(28)21(13-16)29-26(33)18-12-15-6-4-5-7-17(15)24(25(18)32)31-30-23-14(2)19(27)10-11-22(23)38(34,35)36/h4-13,32H,3H2,1-2H3,(H,29,33)(H,34,35,36). The molecule has 0 aromatic heterocycles. The van der Waals surface area contributed by atoms with Gasteiger partial charge in [-0.25, -0.2) is 0 Å². The predicted octanol–water partition coefficient (Wildman–Crippen LogP) is 7.47. The number of nitrogens with one attached hydrogen (secondary N) is 1. The molecule has 4 aromatic rings. The zero-order valence-electron chi connectivity index (χ0n) is 20.1. The number of carbonyl (C=O) groups excluding carboxylic acids is 1. The number of anilines is 1. The van der Waals surface area contributed by atoms with Crippen LogP contribution < -0.4 is 10.1 Å². The SMILES string of the molecule is CCOc1ccc(Cl)c(NC(=O)c2cc3ccccc3c(N=Nc3c(S(=O)(=O)O)ccc(Cl)c3C)c2O)c1. The van der Waals surface area contributed by atoms with E-state index in [1.54, 1.807) is 42.5 Å². The molecule has 9 nitrogen and oxygen atoms in total. The molecular formula is C26H21Cl2N3O6S. The van der Waals surface area contributed by atoms with E-state index in [9.17, 15) is 22.9 Å². The molecule has 4 rings (SSSR count). The summed E-state index contributed by atoms with van der Waals surface area (Å²) in [5.74, 6) is -0.691. The Morgan fingerprint density at radius 1 is 1.00 bits per heavy atom. The Morgan fingerprint density at radius 3 is 2.39 bits per heavy atom. The normalized spacial score (nSPS) is 11.7. The molecule has 0 unspecified atom stereocenters. The Morgan fingerprint density at radius 2 is 1.68 bits per heavy atom. The molecule has 38 heavy (non-hydrogen) atoms. The van der Waals surface area contributed by atoms with Gasteiger partial charge in [-0.2, -0.15) is 8.42 Å². The van der Waals surface area contributed by atoms with Crippen molar-refractivity contribution in [2.75, 3.05) is 11.9 Å². The molecule has 0 aliphatic rings. The molecule has 0 bridgehead atoms. The molecule has 0 saturated carbocycles. The monoisotopic (exact) mass is 573 g/mol. The first-order valence-electron chi connectivity index (χ1n) is 11.2. The molecule has 3 N–H and O–H groups in total. The van der Waals surface area contributed by atoms with Crippen LogP contribution in [0.3, 0.4) is 0 Å². The second-order valence-corrected chi connectivity index (χ2v) is 10.3. The molecule has 0 radical (unpaired) electrons. The molecule has 12 heteroatoms. The smallest absolute Gasteiger partial charge is 0.296 e. The van der Waals surface area contributed by atoms with Crippen LogP contribution in [-0.4, -0.2) is 30.6 Å². The molecule has 0 fully saturated rings. The summed E-state index contributed by atoms with van der Waals surface area (Å²) in [5.41, 5.74) is 0.0760. The van der Waals surface area contributed by atoms with Gasteiger partial charge in [0.1, 0.15) is 22.0 Å². The topological polar surface area (TPSA) is 138 Å². The number of hydrogen-bond acceptors (Lipinski definition) is 7. The predicted molar refractivity (Wildman–Crippen MR) is 146 cm³/mol. The van der Waals surface area contributed by atoms with Crippen molar-refractivity contribution in [2.24, 2.45) is 10.2 Å². The van der Waals surface area contributed by atoms with Gasteiger partial charge in [-0.1, -0.05) is 47.5 Å². The molecule has 196 valence electrons. The number of ether oxygens (including phenoxy) is 1. The fourth-order valence-electron chi connectivity index (χ4n) is 3.72. The minimum Gasteiger partial charge on any atom is -0.505 e.